The lowest BCUT2D eigenvalue weighted by Crippen LogP contribution is -2.38. The molecule has 0 atom stereocenters. The van der Waals surface area contributed by atoms with Crippen LogP contribution in [0.2, 0.25) is 0 Å². The van der Waals surface area contributed by atoms with E-state index in [-0.39, 0.29) is 24.5 Å². The maximum Gasteiger partial charge on any atom is 0.220 e. The van der Waals surface area contributed by atoms with Crippen LogP contribution >= 0.6 is 0 Å². The first kappa shape index (κ1) is 17.6. The van der Waals surface area contributed by atoms with E-state index < -0.39 is 0 Å². The summed E-state index contributed by atoms with van der Waals surface area (Å²) < 4.78 is 5.30. The van der Waals surface area contributed by atoms with Gasteiger partial charge >= 0.3 is 0 Å². The third-order valence-corrected chi connectivity index (χ3v) is 4.03. The van der Waals surface area contributed by atoms with E-state index in [9.17, 15) is 9.59 Å². The SMILES string of the molecule is Cc1ccc(C(=O)CCC(=O)NCCCN2CCOCC2)cc1. The van der Waals surface area contributed by atoms with Crippen LogP contribution in [0.1, 0.15) is 35.2 Å². The van der Waals surface area contributed by atoms with Gasteiger partial charge in [0.25, 0.3) is 0 Å². The van der Waals surface area contributed by atoms with Crippen LogP contribution < -0.4 is 5.32 Å². The number of amides is 1. The summed E-state index contributed by atoms with van der Waals surface area (Å²) in [7, 11) is 0. The van der Waals surface area contributed by atoms with Gasteiger partial charge in [0.15, 0.2) is 5.78 Å². The number of ether oxygens (including phenoxy) is 1. The summed E-state index contributed by atoms with van der Waals surface area (Å²) >= 11 is 0. The maximum atomic E-state index is 12.0. The number of benzene rings is 1. The standard InChI is InChI=1S/C18H26N2O3/c1-15-3-5-16(6-4-15)17(21)7-8-18(22)19-9-2-10-20-11-13-23-14-12-20/h3-6H,2,7-14H2,1H3,(H,19,22). The fraction of sp³-hybridized carbons (Fsp3) is 0.556. The van der Waals surface area contributed by atoms with Crippen LogP contribution in [0.25, 0.3) is 0 Å². The first-order chi connectivity index (χ1) is 11.1. The Morgan fingerprint density at radius 1 is 1.13 bits per heavy atom. The molecule has 0 spiro atoms. The molecule has 0 aliphatic carbocycles. The van der Waals surface area contributed by atoms with Gasteiger partial charge in [0.1, 0.15) is 0 Å². The van der Waals surface area contributed by atoms with Crippen LogP contribution in [0.15, 0.2) is 24.3 Å². The zero-order chi connectivity index (χ0) is 16.5. The van der Waals surface area contributed by atoms with E-state index in [0.717, 1.165) is 44.8 Å². The molecule has 1 heterocycles. The Morgan fingerprint density at radius 3 is 2.52 bits per heavy atom. The van der Waals surface area contributed by atoms with Crippen LogP contribution in [0, 0.1) is 6.92 Å². The van der Waals surface area contributed by atoms with E-state index in [4.69, 9.17) is 4.74 Å². The number of nitrogens with one attached hydrogen (secondary N) is 1. The number of carbonyl (C=O) groups is 2. The van der Waals surface area contributed by atoms with Crippen molar-refractivity contribution in [3.63, 3.8) is 0 Å². The molecule has 0 radical (unpaired) electrons. The molecule has 5 nitrogen and oxygen atoms in total. The summed E-state index contributed by atoms with van der Waals surface area (Å²) in [6, 6.07) is 7.47. The molecular weight excluding hydrogens is 292 g/mol. The number of hydrogen-bond donors (Lipinski definition) is 1. The van der Waals surface area contributed by atoms with E-state index in [1.165, 1.54) is 0 Å². The average Bonchev–Trinajstić information content (AvgIpc) is 2.58. The van der Waals surface area contributed by atoms with E-state index in [1.54, 1.807) is 0 Å². The largest absolute Gasteiger partial charge is 0.379 e. The van der Waals surface area contributed by atoms with Crippen LogP contribution in [-0.4, -0.2) is 56.0 Å². The first-order valence-corrected chi connectivity index (χ1v) is 8.32. The zero-order valence-corrected chi connectivity index (χ0v) is 13.8. The molecule has 0 bridgehead atoms. The average molecular weight is 318 g/mol. The predicted molar refractivity (Wildman–Crippen MR) is 89.6 cm³/mol. The van der Waals surface area contributed by atoms with Gasteiger partial charge < -0.3 is 10.1 Å². The molecule has 23 heavy (non-hydrogen) atoms. The van der Waals surface area contributed by atoms with Crippen molar-refractivity contribution in [3.05, 3.63) is 35.4 Å². The van der Waals surface area contributed by atoms with Crippen molar-refractivity contribution in [1.82, 2.24) is 10.2 Å². The Morgan fingerprint density at radius 2 is 1.83 bits per heavy atom. The van der Waals surface area contributed by atoms with Crippen LogP contribution in [0.4, 0.5) is 0 Å². The summed E-state index contributed by atoms with van der Waals surface area (Å²) in [5, 5.41) is 2.89. The zero-order valence-electron chi connectivity index (χ0n) is 13.8. The molecule has 1 saturated heterocycles. The molecule has 5 heteroatoms. The molecule has 1 aromatic rings. The quantitative estimate of drug-likeness (QED) is 0.586. The monoisotopic (exact) mass is 318 g/mol. The topological polar surface area (TPSA) is 58.6 Å². The normalized spacial score (nSPS) is 15.3. The number of rotatable bonds is 8. The van der Waals surface area contributed by atoms with Gasteiger partial charge in [-0.15, -0.1) is 0 Å². The Balaban J connectivity index is 1.57. The van der Waals surface area contributed by atoms with Gasteiger partial charge in [-0.2, -0.15) is 0 Å². The van der Waals surface area contributed by atoms with Gasteiger partial charge in [-0.3, -0.25) is 14.5 Å². The Hall–Kier alpha value is -1.72. The minimum atomic E-state index is -0.0487. The van der Waals surface area contributed by atoms with Gasteiger partial charge in [0, 0.05) is 38.0 Å². The van der Waals surface area contributed by atoms with Gasteiger partial charge in [-0.05, 0) is 19.9 Å². The fourth-order valence-electron chi connectivity index (χ4n) is 2.55. The number of Topliss-reactive ketones (excluding diaryl/α,β-unsaturated/α-hetero) is 1. The van der Waals surface area contributed by atoms with Gasteiger partial charge in [-0.1, -0.05) is 29.8 Å². The summed E-state index contributed by atoms with van der Waals surface area (Å²) in [6.07, 6.45) is 1.44. The van der Waals surface area contributed by atoms with Crippen LogP contribution in [0.5, 0.6) is 0 Å². The highest BCUT2D eigenvalue weighted by Crippen LogP contribution is 2.07. The molecule has 0 aromatic heterocycles. The van der Waals surface area contributed by atoms with Crippen molar-refractivity contribution in [2.75, 3.05) is 39.4 Å². The third kappa shape index (κ3) is 6.50. The number of carbonyl (C=O) groups excluding carboxylic acids is 2. The van der Waals surface area contributed by atoms with E-state index in [0.29, 0.717) is 12.1 Å². The summed E-state index contributed by atoms with van der Waals surface area (Å²) in [4.78, 5) is 26.1. The number of morpholine rings is 1. The first-order valence-electron chi connectivity index (χ1n) is 8.32. The molecule has 1 amide bonds. The maximum absolute atomic E-state index is 12.0. The Bertz CT molecular complexity index is 508. The summed E-state index contributed by atoms with van der Waals surface area (Å²) in [5.74, 6) is -0.0269. The highest BCUT2D eigenvalue weighted by molar-refractivity contribution is 5.97. The lowest BCUT2D eigenvalue weighted by atomic mass is 10.1. The Kier molecular flexibility index (Phi) is 7.23. The minimum absolute atomic E-state index is 0.0217. The van der Waals surface area contributed by atoms with Gasteiger partial charge in [0.05, 0.1) is 13.2 Å². The molecule has 126 valence electrons. The number of nitrogens with zero attached hydrogens (tertiary/aromatic N) is 1. The molecule has 0 unspecified atom stereocenters. The van der Waals surface area contributed by atoms with Crippen molar-refractivity contribution >= 4 is 11.7 Å². The second-order valence-corrected chi connectivity index (χ2v) is 5.95. The second-order valence-electron chi connectivity index (χ2n) is 5.95. The van der Waals surface area contributed by atoms with Gasteiger partial charge in [-0.25, -0.2) is 0 Å². The molecule has 2 rings (SSSR count). The highest BCUT2D eigenvalue weighted by atomic mass is 16.5. The molecule has 1 N–H and O–H groups in total. The lowest BCUT2D eigenvalue weighted by molar-refractivity contribution is -0.121. The minimum Gasteiger partial charge on any atom is -0.379 e. The van der Waals surface area contributed by atoms with Gasteiger partial charge in [0.2, 0.25) is 5.91 Å². The van der Waals surface area contributed by atoms with Crippen LogP contribution in [-0.2, 0) is 9.53 Å². The fourth-order valence-corrected chi connectivity index (χ4v) is 2.55. The molecule has 1 fully saturated rings. The van der Waals surface area contributed by atoms with E-state index in [2.05, 4.69) is 10.2 Å². The lowest BCUT2D eigenvalue weighted by Gasteiger charge is -2.26. The molecule has 1 aliphatic heterocycles. The molecule has 0 saturated carbocycles. The van der Waals surface area contributed by atoms with Crippen molar-refractivity contribution in [2.45, 2.75) is 26.2 Å². The number of ketones is 1. The Labute approximate surface area is 138 Å². The predicted octanol–water partition coefficient (Wildman–Crippen LogP) is 1.80. The highest BCUT2D eigenvalue weighted by Gasteiger charge is 2.11. The van der Waals surface area contributed by atoms with Crippen molar-refractivity contribution < 1.29 is 14.3 Å². The third-order valence-electron chi connectivity index (χ3n) is 4.03. The smallest absolute Gasteiger partial charge is 0.220 e. The van der Waals surface area contributed by atoms with Crippen molar-refractivity contribution in [2.24, 2.45) is 0 Å². The number of hydrogen-bond acceptors (Lipinski definition) is 4. The van der Waals surface area contributed by atoms with Crippen LogP contribution in [0.3, 0.4) is 0 Å². The summed E-state index contributed by atoms with van der Waals surface area (Å²) in [6.45, 7) is 7.17. The van der Waals surface area contributed by atoms with E-state index in [1.807, 2.05) is 31.2 Å². The van der Waals surface area contributed by atoms with Crippen molar-refractivity contribution in [3.8, 4) is 0 Å². The number of aryl methyl sites for hydroxylation is 1. The molecule has 1 aromatic carbocycles. The second kappa shape index (κ2) is 9.43. The van der Waals surface area contributed by atoms with E-state index >= 15 is 0 Å². The molecular formula is C18H26N2O3. The van der Waals surface area contributed by atoms with Crippen molar-refractivity contribution in [1.29, 1.82) is 0 Å². The molecule has 1 aliphatic rings. The summed E-state index contributed by atoms with van der Waals surface area (Å²) in [5.41, 5.74) is 1.80.